The predicted molar refractivity (Wildman–Crippen MR) is 66.2 cm³/mol. The van der Waals surface area contributed by atoms with Gasteiger partial charge in [-0.1, -0.05) is 6.92 Å². The molecule has 17 heavy (non-hydrogen) atoms. The highest BCUT2D eigenvalue weighted by molar-refractivity contribution is 7.53. The monoisotopic (exact) mass is 266 g/mol. The molecule has 0 unspecified atom stereocenters. The van der Waals surface area contributed by atoms with E-state index in [4.69, 9.17) is 13.8 Å². The van der Waals surface area contributed by atoms with Gasteiger partial charge in [-0.15, -0.1) is 0 Å². The molecule has 0 aromatic heterocycles. The molecule has 0 aliphatic rings. The van der Waals surface area contributed by atoms with Gasteiger partial charge in [-0.3, -0.25) is 9.36 Å². The Kier molecular flexibility index (Phi) is 9.41. The van der Waals surface area contributed by atoms with Crippen molar-refractivity contribution in [2.75, 3.05) is 26.0 Å². The molecule has 102 valence electrons. The van der Waals surface area contributed by atoms with Crippen LogP contribution in [0.3, 0.4) is 0 Å². The van der Waals surface area contributed by atoms with E-state index in [0.717, 1.165) is 6.42 Å². The standard InChI is InChI=1S/C11H23O5P/c1-4-9-14-11(12)8-7-10-17(13,15-5-2)16-6-3/h4-10H2,1-3H3. The van der Waals surface area contributed by atoms with E-state index in [2.05, 4.69) is 0 Å². The van der Waals surface area contributed by atoms with Crippen LogP contribution in [0.5, 0.6) is 0 Å². The molecule has 0 saturated heterocycles. The highest BCUT2D eigenvalue weighted by Gasteiger charge is 2.23. The van der Waals surface area contributed by atoms with Crippen LogP contribution < -0.4 is 0 Å². The minimum absolute atomic E-state index is 0.254. The molecule has 0 aliphatic heterocycles. The van der Waals surface area contributed by atoms with E-state index in [9.17, 15) is 9.36 Å². The van der Waals surface area contributed by atoms with Crippen LogP contribution in [-0.4, -0.2) is 32.0 Å². The third-order valence-corrected chi connectivity index (χ3v) is 4.10. The molecule has 5 nitrogen and oxygen atoms in total. The zero-order chi connectivity index (χ0) is 13.1. The molecule has 0 aromatic rings. The van der Waals surface area contributed by atoms with Crippen LogP contribution in [0.25, 0.3) is 0 Å². The van der Waals surface area contributed by atoms with Crippen LogP contribution in [0.15, 0.2) is 0 Å². The number of ether oxygens (including phenoxy) is 1. The maximum atomic E-state index is 12.0. The lowest BCUT2D eigenvalue weighted by Crippen LogP contribution is -2.07. The van der Waals surface area contributed by atoms with Crippen molar-refractivity contribution < 1.29 is 23.1 Å². The molecular weight excluding hydrogens is 243 g/mol. The zero-order valence-electron chi connectivity index (χ0n) is 10.9. The molecule has 0 heterocycles. The predicted octanol–water partition coefficient (Wildman–Crippen LogP) is 2.99. The van der Waals surface area contributed by atoms with Crippen molar-refractivity contribution >= 4 is 13.6 Å². The molecule has 6 heteroatoms. The average Bonchev–Trinajstić information content (AvgIpc) is 2.27. The van der Waals surface area contributed by atoms with Gasteiger partial charge in [0.1, 0.15) is 0 Å². The minimum atomic E-state index is -3.01. The molecule has 0 N–H and O–H groups in total. The van der Waals surface area contributed by atoms with E-state index >= 15 is 0 Å². The summed E-state index contributed by atoms with van der Waals surface area (Å²) in [7, 11) is -3.01. The Labute approximate surface area is 103 Å². The van der Waals surface area contributed by atoms with Crippen LogP contribution >= 0.6 is 7.60 Å². The van der Waals surface area contributed by atoms with E-state index in [1.165, 1.54) is 0 Å². The van der Waals surface area contributed by atoms with Gasteiger partial charge in [0.25, 0.3) is 0 Å². The van der Waals surface area contributed by atoms with Gasteiger partial charge in [-0.05, 0) is 26.7 Å². The Hall–Kier alpha value is -0.380. The second-order valence-corrected chi connectivity index (χ2v) is 5.68. The second kappa shape index (κ2) is 9.63. The Balaban J connectivity index is 3.89. The maximum absolute atomic E-state index is 12.0. The largest absolute Gasteiger partial charge is 0.466 e. The summed E-state index contributed by atoms with van der Waals surface area (Å²) in [6.07, 6.45) is 1.78. The van der Waals surface area contributed by atoms with E-state index in [-0.39, 0.29) is 18.6 Å². The normalized spacial score (nSPS) is 11.5. The van der Waals surface area contributed by atoms with Crippen LogP contribution in [0.1, 0.15) is 40.0 Å². The van der Waals surface area contributed by atoms with E-state index < -0.39 is 7.60 Å². The Morgan fingerprint density at radius 3 is 2.18 bits per heavy atom. The molecule has 0 amide bonds. The fourth-order valence-corrected chi connectivity index (χ4v) is 2.93. The molecule has 0 rings (SSSR count). The summed E-state index contributed by atoms with van der Waals surface area (Å²) in [6, 6.07) is 0. The van der Waals surface area contributed by atoms with Crippen molar-refractivity contribution in [3.8, 4) is 0 Å². The Morgan fingerprint density at radius 2 is 1.71 bits per heavy atom. The van der Waals surface area contributed by atoms with Gasteiger partial charge in [-0.2, -0.15) is 0 Å². The van der Waals surface area contributed by atoms with Gasteiger partial charge < -0.3 is 13.8 Å². The number of hydrogen-bond acceptors (Lipinski definition) is 5. The SMILES string of the molecule is CCCOC(=O)CCCP(=O)(OCC)OCC. The fraction of sp³-hybridized carbons (Fsp3) is 0.909. The highest BCUT2D eigenvalue weighted by atomic mass is 31.2. The third-order valence-electron chi connectivity index (χ3n) is 1.93. The Morgan fingerprint density at radius 1 is 1.12 bits per heavy atom. The summed E-state index contributed by atoms with van der Waals surface area (Å²) in [6.45, 7) is 6.59. The molecule has 0 saturated carbocycles. The van der Waals surface area contributed by atoms with Crippen molar-refractivity contribution in [3.05, 3.63) is 0 Å². The average molecular weight is 266 g/mol. The van der Waals surface area contributed by atoms with Crippen LogP contribution in [0, 0.1) is 0 Å². The van der Waals surface area contributed by atoms with Crippen molar-refractivity contribution in [1.29, 1.82) is 0 Å². The molecule has 0 aromatic carbocycles. The zero-order valence-corrected chi connectivity index (χ0v) is 11.8. The van der Waals surface area contributed by atoms with Crippen LogP contribution in [0.4, 0.5) is 0 Å². The first-order valence-corrected chi connectivity index (χ1v) is 7.84. The highest BCUT2D eigenvalue weighted by Crippen LogP contribution is 2.48. The van der Waals surface area contributed by atoms with Gasteiger partial charge >= 0.3 is 13.6 Å². The van der Waals surface area contributed by atoms with Crippen molar-refractivity contribution in [3.63, 3.8) is 0 Å². The topological polar surface area (TPSA) is 61.8 Å². The van der Waals surface area contributed by atoms with Gasteiger partial charge in [0.05, 0.1) is 26.0 Å². The smallest absolute Gasteiger partial charge is 0.330 e. The number of esters is 1. The molecule has 0 spiro atoms. The lowest BCUT2D eigenvalue weighted by molar-refractivity contribution is -0.143. The molecule has 0 radical (unpaired) electrons. The van der Waals surface area contributed by atoms with Crippen LogP contribution in [-0.2, 0) is 23.1 Å². The first kappa shape index (κ1) is 16.6. The van der Waals surface area contributed by atoms with E-state index in [1.807, 2.05) is 6.92 Å². The minimum Gasteiger partial charge on any atom is -0.466 e. The van der Waals surface area contributed by atoms with Crippen molar-refractivity contribution in [2.45, 2.75) is 40.0 Å². The molecule has 0 aliphatic carbocycles. The summed E-state index contributed by atoms with van der Waals surface area (Å²) < 4.78 is 27.2. The number of rotatable bonds is 10. The van der Waals surface area contributed by atoms with Gasteiger partial charge in [0, 0.05) is 6.42 Å². The second-order valence-electron chi connectivity index (χ2n) is 3.49. The number of hydrogen-bond donors (Lipinski definition) is 0. The maximum Gasteiger partial charge on any atom is 0.330 e. The quantitative estimate of drug-likeness (QED) is 0.449. The summed E-state index contributed by atoms with van der Waals surface area (Å²) in [5.74, 6) is -0.258. The van der Waals surface area contributed by atoms with E-state index in [1.54, 1.807) is 13.8 Å². The van der Waals surface area contributed by atoms with Crippen LogP contribution in [0.2, 0.25) is 0 Å². The van der Waals surface area contributed by atoms with Gasteiger partial charge in [0.2, 0.25) is 0 Å². The Bertz CT molecular complexity index is 244. The van der Waals surface area contributed by atoms with Gasteiger partial charge in [0.15, 0.2) is 0 Å². The summed E-state index contributed by atoms with van der Waals surface area (Å²) in [4.78, 5) is 11.2. The fourth-order valence-electron chi connectivity index (χ4n) is 1.26. The molecular formula is C11H23O5P. The van der Waals surface area contributed by atoms with Gasteiger partial charge in [-0.25, -0.2) is 0 Å². The van der Waals surface area contributed by atoms with E-state index in [0.29, 0.717) is 26.2 Å². The molecule has 0 atom stereocenters. The summed E-state index contributed by atoms with van der Waals surface area (Å²) in [5.41, 5.74) is 0. The number of carbonyl (C=O) groups excluding carboxylic acids is 1. The molecule has 0 fully saturated rings. The molecule has 0 bridgehead atoms. The lowest BCUT2D eigenvalue weighted by atomic mass is 10.3. The van der Waals surface area contributed by atoms with Crippen molar-refractivity contribution in [1.82, 2.24) is 0 Å². The first-order chi connectivity index (χ1) is 8.08. The lowest BCUT2D eigenvalue weighted by Gasteiger charge is -2.16. The summed E-state index contributed by atoms with van der Waals surface area (Å²) >= 11 is 0. The van der Waals surface area contributed by atoms with Crippen molar-refractivity contribution in [2.24, 2.45) is 0 Å². The number of carbonyl (C=O) groups is 1. The third kappa shape index (κ3) is 8.36. The first-order valence-electron chi connectivity index (χ1n) is 6.11. The summed E-state index contributed by atoms with van der Waals surface area (Å²) in [5, 5.41) is 0.